The van der Waals surface area contributed by atoms with Crippen LogP contribution in [0, 0.1) is 22.7 Å². The molecule has 4 N–H and O–H groups in total. The van der Waals surface area contributed by atoms with Gasteiger partial charge in [-0.05, 0) is 127 Å². The van der Waals surface area contributed by atoms with Crippen LogP contribution < -0.4 is 0 Å². The van der Waals surface area contributed by atoms with Gasteiger partial charge in [0.05, 0.1) is 23.4 Å². The molecule has 4 nitrogen and oxygen atoms in total. The Balaban J connectivity index is 1.79. The lowest BCUT2D eigenvalue weighted by molar-refractivity contribution is 0.00527. The Bertz CT molecular complexity index is 751. The highest BCUT2D eigenvalue weighted by Crippen LogP contribution is 2.64. The molecule has 3 aliphatic carbocycles. The molecule has 3 aliphatic rings. The Kier molecular flexibility index (Phi) is 9.62. The molecule has 1 unspecified atom stereocenters. The third-order valence-electron chi connectivity index (χ3n) is 9.95. The van der Waals surface area contributed by atoms with Crippen molar-refractivity contribution in [2.24, 2.45) is 22.7 Å². The maximum atomic E-state index is 10.4. The first kappa shape index (κ1) is 29.9. The summed E-state index contributed by atoms with van der Waals surface area (Å²) in [5.74, 6) is 1.25. The molecule has 0 aromatic heterocycles. The van der Waals surface area contributed by atoms with E-state index in [-0.39, 0.29) is 10.8 Å². The van der Waals surface area contributed by atoms with Crippen molar-refractivity contribution >= 4 is 0 Å². The number of allylic oxidation sites excluding steroid dienone is 3. The van der Waals surface area contributed by atoms with Crippen LogP contribution in [-0.4, -0.2) is 43.8 Å². The minimum Gasteiger partial charge on any atom is -0.393 e. The van der Waals surface area contributed by atoms with Crippen molar-refractivity contribution in [1.29, 1.82) is 0 Å². The molecular weight excluding hydrogens is 448 g/mol. The molecule has 3 rings (SSSR count). The van der Waals surface area contributed by atoms with Gasteiger partial charge in [-0.2, -0.15) is 0 Å². The van der Waals surface area contributed by atoms with E-state index in [2.05, 4.69) is 26.0 Å². The number of aliphatic hydroxyl groups excluding tert-OH is 2. The van der Waals surface area contributed by atoms with E-state index in [0.717, 1.165) is 44.9 Å². The fraction of sp³-hybridized carbons (Fsp3) is 0.875. The van der Waals surface area contributed by atoms with Crippen molar-refractivity contribution in [3.8, 4) is 0 Å². The highest BCUT2D eigenvalue weighted by atomic mass is 16.3. The fourth-order valence-corrected chi connectivity index (χ4v) is 8.24. The van der Waals surface area contributed by atoms with Gasteiger partial charge in [-0.25, -0.2) is 0 Å². The van der Waals surface area contributed by atoms with Crippen molar-refractivity contribution in [3.63, 3.8) is 0 Å². The summed E-state index contributed by atoms with van der Waals surface area (Å²) in [5.41, 5.74) is 2.00. The second-order valence-corrected chi connectivity index (χ2v) is 14.5. The highest BCUT2D eigenvalue weighted by Gasteiger charge is 2.54. The Morgan fingerprint density at radius 3 is 1.92 bits per heavy atom. The molecular formula is C32H56O4. The molecule has 0 aromatic rings. The summed E-state index contributed by atoms with van der Waals surface area (Å²) in [6, 6.07) is 0. The van der Waals surface area contributed by atoms with E-state index in [1.54, 1.807) is 5.57 Å². The smallest absolute Gasteiger partial charge is 0.0602 e. The Hall–Kier alpha value is -0.680. The lowest BCUT2D eigenvalue weighted by atomic mass is 9.55. The normalized spacial score (nSPS) is 34.4. The molecule has 5 atom stereocenters. The Morgan fingerprint density at radius 2 is 1.39 bits per heavy atom. The first-order valence-electron chi connectivity index (χ1n) is 14.8. The zero-order valence-corrected chi connectivity index (χ0v) is 24.2. The molecule has 3 saturated carbocycles. The maximum absolute atomic E-state index is 10.4. The lowest BCUT2D eigenvalue weighted by Gasteiger charge is -2.50. The first-order chi connectivity index (χ1) is 16.6. The topological polar surface area (TPSA) is 80.9 Å². The molecule has 3 fully saturated rings. The van der Waals surface area contributed by atoms with Crippen LogP contribution in [0.1, 0.15) is 131 Å². The van der Waals surface area contributed by atoms with Crippen molar-refractivity contribution in [1.82, 2.24) is 0 Å². The van der Waals surface area contributed by atoms with E-state index in [9.17, 15) is 20.4 Å². The van der Waals surface area contributed by atoms with Gasteiger partial charge in [-0.15, -0.1) is 0 Å². The Morgan fingerprint density at radius 1 is 0.833 bits per heavy atom. The van der Waals surface area contributed by atoms with E-state index < -0.39 is 23.4 Å². The largest absolute Gasteiger partial charge is 0.393 e. The van der Waals surface area contributed by atoms with Crippen LogP contribution in [0.3, 0.4) is 0 Å². The van der Waals surface area contributed by atoms with Gasteiger partial charge in [0.1, 0.15) is 0 Å². The monoisotopic (exact) mass is 504 g/mol. The minimum absolute atomic E-state index is 0.207. The number of hydrogen-bond acceptors (Lipinski definition) is 4. The third-order valence-corrected chi connectivity index (χ3v) is 9.95. The molecule has 0 aromatic carbocycles. The van der Waals surface area contributed by atoms with E-state index in [4.69, 9.17) is 0 Å². The summed E-state index contributed by atoms with van der Waals surface area (Å²) >= 11 is 0. The number of rotatable bonds is 10. The number of aliphatic hydroxyl groups is 4. The molecule has 0 heterocycles. The van der Waals surface area contributed by atoms with Crippen LogP contribution in [0.5, 0.6) is 0 Å². The Labute approximate surface area is 221 Å². The van der Waals surface area contributed by atoms with Crippen LogP contribution in [0.2, 0.25) is 0 Å². The second kappa shape index (κ2) is 11.6. The summed E-state index contributed by atoms with van der Waals surface area (Å²) < 4.78 is 0. The van der Waals surface area contributed by atoms with Crippen LogP contribution in [0.4, 0.5) is 0 Å². The van der Waals surface area contributed by atoms with Gasteiger partial charge in [0.2, 0.25) is 0 Å². The van der Waals surface area contributed by atoms with E-state index in [1.807, 2.05) is 27.7 Å². The van der Waals surface area contributed by atoms with Gasteiger partial charge in [-0.1, -0.05) is 50.0 Å². The highest BCUT2D eigenvalue weighted by molar-refractivity contribution is 5.26. The quantitative estimate of drug-likeness (QED) is 0.262. The molecule has 0 bridgehead atoms. The van der Waals surface area contributed by atoms with Crippen molar-refractivity contribution < 1.29 is 20.4 Å². The minimum atomic E-state index is -0.620. The fourth-order valence-electron chi connectivity index (χ4n) is 8.24. The lowest BCUT2D eigenvalue weighted by Crippen LogP contribution is -2.41. The molecule has 0 amide bonds. The van der Waals surface area contributed by atoms with Gasteiger partial charge in [0, 0.05) is 0 Å². The van der Waals surface area contributed by atoms with Gasteiger partial charge < -0.3 is 20.4 Å². The third kappa shape index (κ3) is 7.91. The first-order valence-corrected chi connectivity index (χ1v) is 14.8. The molecule has 0 saturated heterocycles. The summed E-state index contributed by atoms with van der Waals surface area (Å²) in [5, 5.41) is 40.9. The van der Waals surface area contributed by atoms with Crippen molar-refractivity contribution in [2.45, 2.75) is 155 Å². The predicted molar refractivity (Wildman–Crippen MR) is 149 cm³/mol. The standard InChI is InChI=1S/C32H56O4/c1-29(2,35)15-8-17-31(5,18-9-16-30(3,4)36)28-14-13-27-24(10-7-19-32(27,28)6)12-11-23-20-25(33)22-26(34)21-23/h11-12,25-28,33-36H,7-10,13-22H2,1-6H3/b23-11-,24-12+/t25-,26?,27+,28-,32+/m1/s1. The SMILES string of the molecule is CC(C)(O)CCCC(C)(CCCC(C)(C)O)[C@H]1CC[C@H]2/C(=C/C=C3\CC(O)C[C@H](O)C3)CCC[C@]12C. The number of hydrogen-bond donors (Lipinski definition) is 4. The zero-order chi connectivity index (χ0) is 26.8. The molecule has 4 heteroatoms. The predicted octanol–water partition coefficient (Wildman–Crippen LogP) is 6.85. The molecule has 0 radical (unpaired) electrons. The summed E-state index contributed by atoms with van der Waals surface area (Å²) in [4.78, 5) is 0. The van der Waals surface area contributed by atoms with E-state index in [1.165, 1.54) is 31.3 Å². The van der Waals surface area contributed by atoms with Gasteiger partial charge in [0.15, 0.2) is 0 Å². The van der Waals surface area contributed by atoms with E-state index in [0.29, 0.717) is 31.1 Å². The molecule has 36 heavy (non-hydrogen) atoms. The average Bonchev–Trinajstić information content (AvgIpc) is 3.08. The van der Waals surface area contributed by atoms with Gasteiger partial charge in [-0.3, -0.25) is 0 Å². The van der Waals surface area contributed by atoms with Crippen LogP contribution >= 0.6 is 0 Å². The summed E-state index contributed by atoms with van der Waals surface area (Å²) in [7, 11) is 0. The van der Waals surface area contributed by atoms with Crippen molar-refractivity contribution in [3.05, 3.63) is 23.3 Å². The van der Waals surface area contributed by atoms with Crippen LogP contribution in [0.25, 0.3) is 0 Å². The van der Waals surface area contributed by atoms with Gasteiger partial charge >= 0.3 is 0 Å². The van der Waals surface area contributed by atoms with Gasteiger partial charge in [0.25, 0.3) is 0 Å². The summed E-state index contributed by atoms with van der Waals surface area (Å²) in [6.45, 7) is 12.7. The summed E-state index contributed by atoms with van der Waals surface area (Å²) in [6.07, 6.45) is 17.8. The maximum Gasteiger partial charge on any atom is 0.0602 e. The second-order valence-electron chi connectivity index (χ2n) is 14.5. The zero-order valence-electron chi connectivity index (χ0n) is 24.2. The van der Waals surface area contributed by atoms with Crippen molar-refractivity contribution in [2.75, 3.05) is 0 Å². The molecule has 0 spiro atoms. The molecule has 0 aliphatic heterocycles. The van der Waals surface area contributed by atoms with Crippen LogP contribution in [-0.2, 0) is 0 Å². The number of fused-ring (bicyclic) bond motifs is 1. The molecule has 208 valence electrons. The average molecular weight is 505 g/mol. The van der Waals surface area contributed by atoms with E-state index >= 15 is 0 Å². The van der Waals surface area contributed by atoms with Crippen LogP contribution in [0.15, 0.2) is 23.3 Å².